The molecule has 2 aromatic carbocycles. The molecule has 1 heterocycles. The van der Waals surface area contributed by atoms with Crippen molar-refractivity contribution in [2.24, 2.45) is 0 Å². The van der Waals surface area contributed by atoms with Gasteiger partial charge in [-0.3, -0.25) is 0 Å². The van der Waals surface area contributed by atoms with E-state index in [9.17, 15) is 0 Å². The van der Waals surface area contributed by atoms with Gasteiger partial charge < -0.3 is 4.90 Å². The Kier molecular flexibility index (Phi) is 5.16. The molecule has 0 radical (unpaired) electrons. The third kappa shape index (κ3) is 3.66. The second-order valence-corrected chi connectivity index (χ2v) is 8.18. The van der Waals surface area contributed by atoms with E-state index in [0.29, 0.717) is 0 Å². The molecule has 0 amide bonds. The first kappa shape index (κ1) is 19.3. The van der Waals surface area contributed by atoms with E-state index in [-0.39, 0.29) is 0 Å². The Balaban J connectivity index is 1.96. The molecular formula is C24H25N4S+. The van der Waals surface area contributed by atoms with Gasteiger partial charge in [-0.2, -0.15) is 8.75 Å². The van der Waals surface area contributed by atoms with Crippen LogP contribution in [0.5, 0.6) is 0 Å². The molecule has 0 N–H and O–H groups in total. The molecule has 0 unspecified atom stereocenters. The maximum Gasteiger partial charge on any atom is 0.199 e. The molecule has 0 atom stereocenters. The van der Waals surface area contributed by atoms with Crippen molar-refractivity contribution in [2.45, 2.75) is 6.92 Å². The van der Waals surface area contributed by atoms with Crippen LogP contribution < -0.4 is 4.90 Å². The zero-order valence-corrected chi connectivity index (χ0v) is 18.3. The van der Waals surface area contributed by atoms with Gasteiger partial charge in [0, 0.05) is 37.5 Å². The summed E-state index contributed by atoms with van der Waals surface area (Å²) in [4.78, 5) is 2.11. The van der Waals surface area contributed by atoms with Crippen LogP contribution in [0.2, 0.25) is 0 Å². The lowest BCUT2D eigenvalue weighted by Crippen LogP contribution is -2.10. The highest BCUT2D eigenvalue weighted by atomic mass is 32.1. The quantitative estimate of drug-likeness (QED) is 0.596. The minimum Gasteiger partial charge on any atom is -0.378 e. The second-order valence-electron chi connectivity index (χ2n) is 7.65. The summed E-state index contributed by atoms with van der Waals surface area (Å²) in [5.74, 6) is 0. The van der Waals surface area contributed by atoms with Gasteiger partial charge >= 0.3 is 0 Å². The van der Waals surface area contributed by atoms with Gasteiger partial charge in [0.2, 0.25) is 0 Å². The van der Waals surface area contributed by atoms with Crippen molar-refractivity contribution >= 4 is 39.7 Å². The molecule has 4 rings (SSSR count). The van der Waals surface area contributed by atoms with Crippen molar-refractivity contribution in [2.75, 3.05) is 33.1 Å². The highest BCUT2D eigenvalue weighted by Gasteiger charge is 2.18. The van der Waals surface area contributed by atoms with Crippen LogP contribution in [0.4, 0.5) is 5.69 Å². The molecule has 4 nitrogen and oxygen atoms in total. The van der Waals surface area contributed by atoms with Crippen LogP contribution in [0, 0.1) is 6.92 Å². The Bertz CT molecular complexity index is 1170. The zero-order valence-electron chi connectivity index (χ0n) is 17.5. The average molecular weight is 402 g/mol. The van der Waals surface area contributed by atoms with Crippen molar-refractivity contribution in [1.82, 2.24) is 8.75 Å². The highest BCUT2D eigenvalue weighted by molar-refractivity contribution is 7.00. The van der Waals surface area contributed by atoms with E-state index in [1.54, 1.807) is 0 Å². The number of nitrogens with zero attached hydrogens (tertiary/aromatic N) is 4. The van der Waals surface area contributed by atoms with E-state index in [0.717, 1.165) is 22.2 Å². The topological polar surface area (TPSA) is 32.0 Å². The van der Waals surface area contributed by atoms with Gasteiger partial charge in [0.05, 0.1) is 11.7 Å². The predicted molar refractivity (Wildman–Crippen MR) is 124 cm³/mol. The lowest BCUT2D eigenvalue weighted by atomic mass is 9.89. The Morgan fingerprint density at radius 2 is 1.52 bits per heavy atom. The summed E-state index contributed by atoms with van der Waals surface area (Å²) in [5, 5.41) is 0. The van der Waals surface area contributed by atoms with Crippen molar-refractivity contribution in [3.05, 3.63) is 83.0 Å². The Morgan fingerprint density at radius 1 is 0.862 bits per heavy atom. The number of allylic oxidation sites excluding steroid dienone is 5. The summed E-state index contributed by atoms with van der Waals surface area (Å²) in [6.45, 7) is 2.09. The first-order valence-electron chi connectivity index (χ1n) is 9.60. The monoisotopic (exact) mass is 401 g/mol. The number of fused-ring (bicyclic) bond motifs is 1. The molecule has 0 fully saturated rings. The van der Waals surface area contributed by atoms with Crippen LogP contribution in [-0.4, -0.2) is 47.2 Å². The molecule has 0 saturated heterocycles. The molecule has 0 spiro atoms. The molecule has 1 aromatic heterocycles. The lowest BCUT2D eigenvalue weighted by Gasteiger charge is -2.17. The Labute approximate surface area is 176 Å². The minimum atomic E-state index is 0.971. The number of aryl methyl sites for hydroxylation is 1. The van der Waals surface area contributed by atoms with Gasteiger partial charge in [-0.25, -0.2) is 4.58 Å². The maximum atomic E-state index is 4.64. The normalized spacial score (nSPS) is 13.3. The SMILES string of the molecule is Cc1ccc(C(=C2C=CC(=[N+](C)C)C=C2)c2ccc(N(C)C)cc2)c2nsnc12. The smallest absolute Gasteiger partial charge is 0.199 e. The number of hydrogen-bond acceptors (Lipinski definition) is 4. The van der Waals surface area contributed by atoms with E-state index in [2.05, 4.69) is 114 Å². The molecule has 5 heteroatoms. The summed E-state index contributed by atoms with van der Waals surface area (Å²) in [6.07, 6.45) is 8.70. The van der Waals surface area contributed by atoms with Crippen molar-refractivity contribution in [3.8, 4) is 0 Å². The number of aromatic nitrogens is 2. The molecule has 1 aliphatic rings. The summed E-state index contributed by atoms with van der Waals surface area (Å²) in [5.41, 5.74) is 10.1. The summed E-state index contributed by atoms with van der Waals surface area (Å²) in [6, 6.07) is 13.0. The Morgan fingerprint density at radius 3 is 2.14 bits per heavy atom. The van der Waals surface area contributed by atoms with Crippen molar-refractivity contribution in [3.63, 3.8) is 0 Å². The molecule has 3 aromatic rings. The van der Waals surface area contributed by atoms with Crippen LogP contribution in [0.15, 0.2) is 66.3 Å². The summed E-state index contributed by atoms with van der Waals surface area (Å²) in [7, 11) is 8.24. The van der Waals surface area contributed by atoms with Crippen molar-refractivity contribution in [1.29, 1.82) is 0 Å². The lowest BCUT2D eigenvalue weighted by molar-refractivity contribution is -0.462. The second kappa shape index (κ2) is 7.76. The maximum absolute atomic E-state index is 4.64. The largest absolute Gasteiger partial charge is 0.378 e. The van der Waals surface area contributed by atoms with E-state index < -0.39 is 0 Å². The summed E-state index contributed by atoms with van der Waals surface area (Å²) >= 11 is 1.28. The van der Waals surface area contributed by atoms with Gasteiger partial charge in [-0.15, -0.1) is 0 Å². The van der Waals surface area contributed by atoms with Gasteiger partial charge in [-0.1, -0.05) is 24.3 Å². The standard InChI is InChI=1S/C24H25N4S/c1-16-6-15-21(24-23(16)25-29-26-24)22(17-7-11-19(12-8-17)27(2)3)18-9-13-20(14-10-18)28(4)5/h6-15H,1-5H3/q+1. The minimum absolute atomic E-state index is 0.971. The third-order valence-corrected chi connectivity index (χ3v) is 5.76. The van der Waals surface area contributed by atoms with Crippen LogP contribution in [0.3, 0.4) is 0 Å². The fraction of sp³-hybridized carbons (Fsp3) is 0.208. The first-order valence-corrected chi connectivity index (χ1v) is 10.3. The van der Waals surface area contributed by atoms with Crippen LogP contribution >= 0.6 is 11.7 Å². The van der Waals surface area contributed by atoms with Crippen LogP contribution in [0.25, 0.3) is 16.6 Å². The molecule has 146 valence electrons. The fourth-order valence-corrected chi connectivity index (χ4v) is 4.14. The van der Waals surface area contributed by atoms with E-state index >= 15 is 0 Å². The number of rotatable bonds is 3. The number of hydrogen-bond donors (Lipinski definition) is 0. The zero-order chi connectivity index (χ0) is 20.5. The van der Waals surface area contributed by atoms with Gasteiger partial charge in [0.15, 0.2) is 5.71 Å². The predicted octanol–water partition coefficient (Wildman–Crippen LogP) is 4.71. The molecule has 0 bridgehead atoms. The van der Waals surface area contributed by atoms with Gasteiger partial charge in [0.25, 0.3) is 0 Å². The van der Waals surface area contributed by atoms with E-state index in [1.807, 2.05) is 0 Å². The first-order chi connectivity index (χ1) is 14.0. The van der Waals surface area contributed by atoms with Gasteiger partial charge in [-0.05, 0) is 53.5 Å². The average Bonchev–Trinajstić information content (AvgIpc) is 3.22. The molecule has 0 aliphatic heterocycles. The van der Waals surface area contributed by atoms with Gasteiger partial charge in [0.1, 0.15) is 25.1 Å². The number of benzene rings is 2. The van der Waals surface area contributed by atoms with E-state index in [4.69, 9.17) is 0 Å². The van der Waals surface area contributed by atoms with Crippen LogP contribution in [-0.2, 0) is 0 Å². The molecule has 1 aliphatic carbocycles. The molecule has 0 saturated carbocycles. The molecule has 29 heavy (non-hydrogen) atoms. The Hall–Kier alpha value is -3.05. The number of anilines is 1. The van der Waals surface area contributed by atoms with Crippen LogP contribution in [0.1, 0.15) is 16.7 Å². The fourth-order valence-electron chi connectivity index (χ4n) is 3.52. The summed E-state index contributed by atoms with van der Waals surface area (Å²) < 4.78 is 11.3. The third-order valence-electron chi connectivity index (χ3n) is 5.23. The highest BCUT2D eigenvalue weighted by Crippen LogP contribution is 2.35. The van der Waals surface area contributed by atoms with Crippen molar-refractivity contribution < 1.29 is 4.58 Å². The van der Waals surface area contributed by atoms with E-state index in [1.165, 1.54) is 39.8 Å². The molecular weight excluding hydrogens is 376 g/mol.